The molecule has 0 N–H and O–H groups in total. The third kappa shape index (κ3) is 3.30. The second-order valence-electron chi connectivity index (χ2n) is 6.12. The number of hydrogen-bond donors (Lipinski definition) is 0. The van der Waals surface area contributed by atoms with Gasteiger partial charge in [-0.3, -0.25) is 4.79 Å². The summed E-state index contributed by atoms with van der Waals surface area (Å²) in [5.74, 6) is 1.67. The van der Waals surface area contributed by atoms with Gasteiger partial charge in [-0.05, 0) is 18.6 Å². The first kappa shape index (κ1) is 17.6. The fourth-order valence-electron chi connectivity index (χ4n) is 3.10. The van der Waals surface area contributed by atoms with E-state index in [-0.39, 0.29) is 5.91 Å². The number of carbonyl (C=O) groups is 1. The highest BCUT2D eigenvalue weighted by atomic mass is 32.1. The van der Waals surface area contributed by atoms with Crippen LogP contribution in [0.15, 0.2) is 41.4 Å². The molecule has 2 heterocycles. The van der Waals surface area contributed by atoms with Gasteiger partial charge < -0.3 is 18.8 Å². The molecule has 0 bridgehead atoms. The van der Waals surface area contributed by atoms with Crippen LogP contribution >= 0.6 is 11.3 Å². The second kappa shape index (κ2) is 7.44. The van der Waals surface area contributed by atoms with Crippen molar-refractivity contribution in [2.75, 3.05) is 20.3 Å². The van der Waals surface area contributed by atoms with Gasteiger partial charge in [-0.1, -0.05) is 30.4 Å². The number of methoxy groups -OCH3 is 1. The van der Waals surface area contributed by atoms with Crippen molar-refractivity contribution >= 4 is 27.5 Å². The van der Waals surface area contributed by atoms with Crippen LogP contribution in [0.3, 0.4) is 0 Å². The zero-order valence-electron chi connectivity index (χ0n) is 15.2. The molecular weight excluding hydrogens is 364 g/mol. The minimum atomic E-state index is -0.318. The molecule has 0 radical (unpaired) electrons. The quantitative estimate of drug-likeness (QED) is 0.689. The highest BCUT2D eigenvalue weighted by Crippen LogP contribution is 2.35. The Labute approximate surface area is 160 Å². The highest BCUT2D eigenvalue weighted by molar-refractivity contribution is 7.16. The zero-order valence-corrected chi connectivity index (χ0v) is 16.0. The highest BCUT2D eigenvalue weighted by Gasteiger charge is 2.17. The molecule has 1 amide bonds. The van der Waals surface area contributed by atoms with Crippen LogP contribution in [0.5, 0.6) is 17.2 Å². The molecule has 27 heavy (non-hydrogen) atoms. The Bertz CT molecular complexity index is 1070. The molecule has 6 nitrogen and oxygen atoms in total. The van der Waals surface area contributed by atoms with Crippen LogP contribution in [0.4, 0.5) is 0 Å². The van der Waals surface area contributed by atoms with E-state index in [9.17, 15) is 4.79 Å². The molecule has 2 aromatic carbocycles. The van der Waals surface area contributed by atoms with Crippen LogP contribution in [-0.2, 0) is 6.54 Å². The summed E-state index contributed by atoms with van der Waals surface area (Å²) in [6, 6.07) is 11.1. The number of aryl methyl sites for hydroxylation is 1. The number of fused-ring (bicyclic) bond motifs is 2. The smallest absolute Gasteiger partial charge is 0.283 e. The first-order valence-corrected chi connectivity index (χ1v) is 9.68. The van der Waals surface area contributed by atoms with Gasteiger partial charge in [-0.15, -0.1) is 0 Å². The monoisotopic (exact) mass is 384 g/mol. The molecule has 4 rings (SSSR count). The molecule has 140 valence electrons. The van der Waals surface area contributed by atoms with Gasteiger partial charge in [-0.25, -0.2) is 0 Å². The predicted octanol–water partition coefficient (Wildman–Crippen LogP) is 3.63. The van der Waals surface area contributed by atoms with Gasteiger partial charge in [0.15, 0.2) is 16.3 Å². The lowest BCUT2D eigenvalue weighted by Crippen LogP contribution is -2.18. The molecule has 0 spiro atoms. The van der Waals surface area contributed by atoms with Crippen LogP contribution in [0.1, 0.15) is 23.7 Å². The normalized spacial score (nSPS) is 13.8. The molecule has 0 saturated heterocycles. The molecule has 3 aromatic rings. The number of amides is 1. The van der Waals surface area contributed by atoms with E-state index in [0.29, 0.717) is 29.3 Å². The first-order valence-electron chi connectivity index (χ1n) is 8.86. The summed E-state index contributed by atoms with van der Waals surface area (Å²) in [5.41, 5.74) is 1.45. The number of rotatable bonds is 4. The standard InChI is InChI=1S/C20H20N2O4S/c1-3-8-22-14-11-16-17(26-10-9-25-16)12-18(14)27-20(22)21-19(23)13-6-4-5-7-15(13)24-2/h4-7,11-12H,3,8-10H2,1-2H3. The lowest BCUT2D eigenvalue weighted by molar-refractivity contribution is 0.0995. The van der Waals surface area contributed by atoms with Crippen molar-refractivity contribution in [1.82, 2.24) is 4.57 Å². The first-order chi connectivity index (χ1) is 13.2. The Hall–Kier alpha value is -2.80. The van der Waals surface area contributed by atoms with Gasteiger partial charge in [0, 0.05) is 18.7 Å². The number of nitrogens with zero attached hydrogens (tertiary/aromatic N) is 2. The largest absolute Gasteiger partial charge is 0.496 e. The van der Waals surface area contributed by atoms with Crippen LogP contribution in [0.25, 0.3) is 10.2 Å². The third-order valence-corrected chi connectivity index (χ3v) is 5.37. The SMILES string of the molecule is CCCn1c(=NC(=O)c2ccccc2OC)sc2cc3c(cc21)OCCO3. The number of ether oxygens (including phenoxy) is 3. The molecule has 0 aliphatic carbocycles. The van der Waals surface area contributed by atoms with E-state index in [1.807, 2.05) is 18.2 Å². The van der Waals surface area contributed by atoms with E-state index in [1.165, 1.54) is 11.3 Å². The number of benzene rings is 2. The molecule has 0 atom stereocenters. The van der Waals surface area contributed by atoms with Crippen molar-refractivity contribution < 1.29 is 19.0 Å². The summed E-state index contributed by atoms with van der Waals surface area (Å²) in [5, 5.41) is 0. The zero-order chi connectivity index (χ0) is 18.8. The average Bonchev–Trinajstić information content (AvgIpc) is 3.02. The van der Waals surface area contributed by atoms with E-state index < -0.39 is 0 Å². The number of hydrogen-bond acceptors (Lipinski definition) is 5. The molecule has 0 unspecified atom stereocenters. The molecule has 1 aliphatic heterocycles. The van der Waals surface area contributed by atoms with Crippen LogP contribution in [0, 0.1) is 0 Å². The molecule has 1 aliphatic rings. The number of carbonyl (C=O) groups excluding carboxylic acids is 1. The Balaban J connectivity index is 1.86. The summed E-state index contributed by atoms with van der Waals surface area (Å²) < 4.78 is 19.8. The summed E-state index contributed by atoms with van der Waals surface area (Å²) in [6.45, 7) is 3.94. The number of aromatic nitrogens is 1. The van der Waals surface area contributed by atoms with Crippen molar-refractivity contribution in [2.24, 2.45) is 4.99 Å². The number of para-hydroxylation sites is 1. The maximum Gasteiger partial charge on any atom is 0.283 e. The van der Waals surface area contributed by atoms with Gasteiger partial charge in [-0.2, -0.15) is 4.99 Å². The fourth-order valence-corrected chi connectivity index (χ4v) is 4.16. The van der Waals surface area contributed by atoms with E-state index in [4.69, 9.17) is 14.2 Å². The van der Waals surface area contributed by atoms with Gasteiger partial charge >= 0.3 is 0 Å². The molecule has 7 heteroatoms. The van der Waals surface area contributed by atoms with Crippen molar-refractivity contribution in [3.8, 4) is 17.2 Å². The Morgan fingerprint density at radius 3 is 2.70 bits per heavy atom. The lowest BCUT2D eigenvalue weighted by Gasteiger charge is -2.18. The minimum Gasteiger partial charge on any atom is -0.496 e. The van der Waals surface area contributed by atoms with E-state index in [2.05, 4.69) is 16.5 Å². The van der Waals surface area contributed by atoms with Gasteiger partial charge in [0.25, 0.3) is 5.91 Å². The lowest BCUT2D eigenvalue weighted by atomic mass is 10.2. The summed E-state index contributed by atoms with van der Waals surface area (Å²) in [6.07, 6.45) is 0.927. The van der Waals surface area contributed by atoms with Crippen molar-refractivity contribution in [2.45, 2.75) is 19.9 Å². The summed E-state index contributed by atoms with van der Waals surface area (Å²) in [4.78, 5) is 17.8. The van der Waals surface area contributed by atoms with Gasteiger partial charge in [0.1, 0.15) is 19.0 Å². The maximum atomic E-state index is 12.8. The van der Waals surface area contributed by atoms with E-state index in [1.54, 1.807) is 25.3 Å². The third-order valence-electron chi connectivity index (χ3n) is 4.33. The topological polar surface area (TPSA) is 62.1 Å². The Kier molecular flexibility index (Phi) is 4.85. The van der Waals surface area contributed by atoms with Crippen molar-refractivity contribution in [1.29, 1.82) is 0 Å². The average molecular weight is 384 g/mol. The molecular formula is C20H20N2O4S. The van der Waals surface area contributed by atoms with E-state index in [0.717, 1.165) is 34.7 Å². The molecule has 0 saturated carbocycles. The Morgan fingerprint density at radius 2 is 1.96 bits per heavy atom. The van der Waals surface area contributed by atoms with Gasteiger partial charge in [0.2, 0.25) is 0 Å². The van der Waals surface area contributed by atoms with Crippen LogP contribution in [0.2, 0.25) is 0 Å². The van der Waals surface area contributed by atoms with Crippen LogP contribution in [-0.4, -0.2) is 30.8 Å². The van der Waals surface area contributed by atoms with E-state index >= 15 is 0 Å². The minimum absolute atomic E-state index is 0.318. The molecule has 0 fully saturated rings. The summed E-state index contributed by atoms with van der Waals surface area (Å²) in [7, 11) is 1.55. The molecule has 1 aromatic heterocycles. The van der Waals surface area contributed by atoms with Crippen molar-refractivity contribution in [3.63, 3.8) is 0 Å². The second-order valence-corrected chi connectivity index (χ2v) is 7.13. The number of thiazole rings is 1. The fraction of sp³-hybridized carbons (Fsp3) is 0.300. The Morgan fingerprint density at radius 1 is 1.22 bits per heavy atom. The summed E-state index contributed by atoms with van der Waals surface area (Å²) >= 11 is 1.47. The van der Waals surface area contributed by atoms with Crippen molar-refractivity contribution in [3.05, 3.63) is 46.8 Å². The predicted molar refractivity (Wildman–Crippen MR) is 104 cm³/mol. The maximum absolute atomic E-state index is 12.8. The van der Waals surface area contributed by atoms with Crippen LogP contribution < -0.4 is 19.0 Å². The van der Waals surface area contributed by atoms with Gasteiger partial charge in [0.05, 0.1) is 22.9 Å².